The molecule has 3 heterocycles. The number of aliphatic hydroxyl groups excluding tert-OH is 1. The van der Waals surface area contributed by atoms with Gasteiger partial charge in [0.1, 0.15) is 11.5 Å². The van der Waals surface area contributed by atoms with Gasteiger partial charge in [-0.15, -0.1) is 0 Å². The van der Waals surface area contributed by atoms with Crippen LogP contribution in [0.15, 0.2) is 48.8 Å². The van der Waals surface area contributed by atoms with E-state index in [4.69, 9.17) is 21.1 Å². The van der Waals surface area contributed by atoms with Crippen LogP contribution >= 0.6 is 11.6 Å². The first-order valence-corrected chi connectivity index (χ1v) is 11.3. The van der Waals surface area contributed by atoms with Crippen LogP contribution in [0.5, 0.6) is 11.5 Å². The lowest BCUT2D eigenvalue weighted by molar-refractivity contribution is -0.0795. The van der Waals surface area contributed by atoms with Crippen LogP contribution in [0.1, 0.15) is 24.9 Å². The number of nitrogens with zero attached hydrogens (tertiary/aromatic N) is 3. The molecule has 2 atom stereocenters. The molecule has 1 aromatic heterocycles. The van der Waals surface area contributed by atoms with Crippen molar-refractivity contribution in [1.29, 1.82) is 0 Å². The molecule has 2 aromatic carbocycles. The molecule has 0 aliphatic carbocycles. The van der Waals surface area contributed by atoms with Crippen LogP contribution in [0.25, 0.3) is 11.1 Å². The molecule has 2 aliphatic rings. The Hall–Kier alpha value is -2.58. The second-order valence-electron chi connectivity index (χ2n) is 8.38. The maximum absolute atomic E-state index is 10.5. The van der Waals surface area contributed by atoms with E-state index in [1.54, 1.807) is 6.07 Å². The topological polar surface area (TPSA) is 71.8 Å². The summed E-state index contributed by atoms with van der Waals surface area (Å²) < 4.78 is 13.7. The van der Waals surface area contributed by atoms with Gasteiger partial charge in [0.15, 0.2) is 0 Å². The molecule has 8 heteroatoms. The van der Waals surface area contributed by atoms with Gasteiger partial charge in [-0.05, 0) is 50.1 Å². The van der Waals surface area contributed by atoms with Gasteiger partial charge in [-0.1, -0.05) is 17.7 Å². The molecule has 1 saturated heterocycles. The number of fused-ring (bicyclic) bond motifs is 1. The number of rotatable bonds is 6. The second-order valence-corrected chi connectivity index (χ2v) is 8.81. The molecule has 0 saturated carbocycles. The van der Waals surface area contributed by atoms with Crippen molar-refractivity contribution >= 4 is 17.3 Å². The lowest BCUT2D eigenvalue weighted by atomic mass is 9.92. The van der Waals surface area contributed by atoms with E-state index in [-0.39, 0.29) is 6.04 Å². The number of halogens is 1. The van der Waals surface area contributed by atoms with E-state index in [1.807, 2.05) is 46.1 Å². The zero-order valence-electron chi connectivity index (χ0n) is 18.2. The number of hydrogen-bond donors (Lipinski definition) is 2. The molecule has 2 aliphatic heterocycles. The third-order valence-corrected chi connectivity index (χ3v) is 6.55. The molecular weight excluding hydrogens is 428 g/mol. The molecule has 0 bridgehead atoms. The number of ether oxygens (including phenoxy) is 2. The summed E-state index contributed by atoms with van der Waals surface area (Å²) in [5, 5.41) is 19.0. The number of anilines is 1. The van der Waals surface area contributed by atoms with Gasteiger partial charge in [-0.25, -0.2) is 0 Å². The number of hydrogen-bond acceptors (Lipinski definition) is 6. The Morgan fingerprint density at radius 3 is 2.81 bits per heavy atom. The van der Waals surface area contributed by atoms with Gasteiger partial charge in [0, 0.05) is 59.8 Å². The summed E-state index contributed by atoms with van der Waals surface area (Å²) in [6.45, 7) is 3.95. The monoisotopic (exact) mass is 454 g/mol. The first kappa shape index (κ1) is 21.3. The Kier molecular flexibility index (Phi) is 5.82. The molecular formula is C24H27ClN4O3. The Bertz CT molecular complexity index is 1110. The van der Waals surface area contributed by atoms with E-state index in [9.17, 15) is 5.11 Å². The van der Waals surface area contributed by atoms with Gasteiger partial charge >= 0.3 is 0 Å². The van der Waals surface area contributed by atoms with E-state index >= 15 is 0 Å². The first-order valence-electron chi connectivity index (χ1n) is 10.9. The molecule has 0 spiro atoms. The Morgan fingerprint density at radius 2 is 2.09 bits per heavy atom. The first-order chi connectivity index (χ1) is 15.5. The second kappa shape index (κ2) is 8.75. The molecule has 1 unspecified atom stereocenters. The lowest BCUT2D eigenvalue weighted by Crippen LogP contribution is -2.46. The van der Waals surface area contributed by atoms with E-state index in [0.29, 0.717) is 16.8 Å². The van der Waals surface area contributed by atoms with Gasteiger partial charge in [0.05, 0.1) is 12.2 Å². The number of nitrogens with one attached hydrogen (secondary N) is 1. The van der Waals surface area contributed by atoms with Crippen molar-refractivity contribution in [1.82, 2.24) is 15.1 Å². The molecule has 5 rings (SSSR count). The number of benzene rings is 2. The fourth-order valence-electron chi connectivity index (χ4n) is 4.41. The van der Waals surface area contributed by atoms with Crippen LogP contribution in [0, 0.1) is 0 Å². The van der Waals surface area contributed by atoms with Crippen molar-refractivity contribution in [2.45, 2.75) is 38.3 Å². The Labute approximate surface area is 192 Å². The summed E-state index contributed by atoms with van der Waals surface area (Å²) in [5.41, 5.74) is 3.90. The lowest BCUT2D eigenvalue weighted by Gasteiger charge is -2.40. The molecule has 168 valence electrons. The smallest absolute Gasteiger partial charge is 0.237 e. The predicted molar refractivity (Wildman–Crippen MR) is 124 cm³/mol. The predicted octanol–water partition coefficient (Wildman–Crippen LogP) is 4.20. The van der Waals surface area contributed by atoms with Crippen molar-refractivity contribution in [3.63, 3.8) is 0 Å². The normalized spacial score (nSPS) is 19.4. The zero-order chi connectivity index (χ0) is 22.2. The van der Waals surface area contributed by atoms with Crippen LogP contribution in [0.3, 0.4) is 0 Å². The van der Waals surface area contributed by atoms with Crippen LogP contribution in [-0.2, 0) is 11.2 Å². The summed E-state index contributed by atoms with van der Waals surface area (Å²) >= 11 is 6.22. The summed E-state index contributed by atoms with van der Waals surface area (Å²) in [7, 11) is 1.51. The fourth-order valence-corrected chi connectivity index (χ4v) is 4.59. The molecule has 0 amide bonds. The van der Waals surface area contributed by atoms with E-state index in [1.165, 1.54) is 7.11 Å². The third-order valence-electron chi connectivity index (χ3n) is 6.31. The van der Waals surface area contributed by atoms with Crippen molar-refractivity contribution in [3.05, 3.63) is 59.4 Å². The standard InChI is InChI=1S/C24H27ClN4O3/c1-15-6-7-21-22(29(15)24(30)31-2)9-8-20(16-11-27-28(14-16)18-12-26-13-18)23(21)32-19-5-3-4-17(25)10-19/h3-5,8-11,14-15,18,24,26,30H,6-7,12-13H2,1-2H3/t15-,24?/m0/s1. The quantitative estimate of drug-likeness (QED) is 0.544. The van der Waals surface area contributed by atoms with E-state index in [2.05, 4.69) is 23.5 Å². The Balaban J connectivity index is 1.62. The van der Waals surface area contributed by atoms with Crippen LogP contribution in [0.2, 0.25) is 5.02 Å². The maximum atomic E-state index is 10.5. The number of aromatic nitrogens is 2. The number of methoxy groups -OCH3 is 1. The van der Waals surface area contributed by atoms with Crippen LogP contribution in [-0.4, -0.2) is 47.5 Å². The van der Waals surface area contributed by atoms with Gasteiger partial charge in [0.25, 0.3) is 0 Å². The molecule has 1 fully saturated rings. The molecule has 32 heavy (non-hydrogen) atoms. The highest BCUT2D eigenvalue weighted by Gasteiger charge is 2.32. The van der Waals surface area contributed by atoms with Crippen molar-refractivity contribution < 1.29 is 14.6 Å². The summed E-state index contributed by atoms with van der Waals surface area (Å²) in [4.78, 5) is 1.90. The molecule has 0 radical (unpaired) electrons. The highest BCUT2D eigenvalue weighted by Crippen LogP contribution is 2.45. The van der Waals surface area contributed by atoms with Crippen LogP contribution < -0.4 is 15.0 Å². The van der Waals surface area contributed by atoms with Crippen molar-refractivity contribution in [2.24, 2.45) is 0 Å². The fraction of sp³-hybridized carbons (Fsp3) is 0.375. The molecule has 3 aromatic rings. The maximum Gasteiger partial charge on any atom is 0.237 e. The molecule has 7 nitrogen and oxygen atoms in total. The minimum absolute atomic E-state index is 0.135. The number of aliphatic hydroxyl groups is 1. The van der Waals surface area contributed by atoms with E-state index in [0.717, 1.165) is 54.1 Å². The van der Waals surface area contributed by atoms with E-state index < -0.39 is 6.41 Å². The molecule has 2 N–H and O–H groups in total. The summed E-state index contributed by atoms with van der Waals surface area (Å²) in [6.07, 6.45) is 4.63. The van der Waals surface area contributed by atoms with Gasteiger partial charge in [-0.3, -0.25) is 4.68 Å². The average molecular weight is 455 g/mol. The van der Waals surface area contributed by atoms with Crippen molar-refractivity contribution in [3.8, 4) is 22.6 Å². The minimum atomic E-state index is -1.03. The minimum Gasteiger partial charge on any atom is -0.456 e. The summed E-state index contributed by atoms with van der Waals surface area (Å²) in [5.74, 6) is 1.43. The summed E-state index contributed by atoms with van der Waals surface area (Å²) in [6, 6.07) is 12.0. The van der Waals surface area contributed by atoms with Gasteiger partial charge in [-0.2, -0.15) is 5.10 Å². The third kappa shape index (κ3) is 3.86. The highest BCUT2D eigenvalue weighted by molar-refractivity contribution is 6.30. The zero-order valence-corrected chi connectivity index (χ0v) is 18.9. The highest BCUT2D eigenvalue weighted by atomic mass is 35.5. The van der Waals surface area contributed by atoms with Gasteiger partial charge < -0.3 is 24.8 Å². The van der Waals surface area contributed by atoms with Crippen LogP contribution in [0.4, 0.5) is 5.69 Å². The largest absolute Gasteiger partial charge is 0.456 e. The average Bonchev–Trinajstić information content (AvgIpc) is 3.21. The van der Waals surface area contributed by atoms with Crippen molar-refractivity contribution in [2.75, 3.05) is 25.1 Å². The van der Waals surface area contributed by atoms with Gasteiger partial charge in [0.2, 0.25) is 6.41 Å². The Morgan fingerprint density at radius 1 is 1.25 bits per heavy atom. The SMILES string of the molecule is COC(O)N1c2ccc(-c3cnn(C4CNC4)c3)c(Oc3cccc(Cl)c3)c2CC[C@@H]1C.